The molecule has 1 N–H and O–H groups in total. The van der Waals surface area contributed by atoms with Crippen molar-refractivity contribution in [2.24, 2.45) is 10.9 Å². The van der Waals surface area contributed by atoms with Gasteiger partial charge in [-0.05, 0) is 25.3 Å². The molecule has 0 amide bonds. The molecule has 0 unspecified atom stereocenters. The van der Waals surface area contributed by atoms with Gasteiger partial charge in [0.05, 0.1) is 13.0 Å². The van der Waals surface area contributed by atoms with E-state index in [1.807, 2.05) is 18.5 Å². The zero-order valence-electron chi connectivity index (χ0n) is 17.8. The third-order valence-electron chi connectivity index (χ3n) is 5.26. The van der Waals surface area contributed by atoms with Crippen LogP contribution in [0.4, 0.5) is 0 Å². The fourth-order valence-electron chi connectivity index (χ4n) is 3.67. The van der Waals surface area contributed by atoms with E-state index in [1.54, 1.807) is 0 Å². The Morgan fingerprint density at radius 1 is 1.27 bits per heavy atom. The summed E-state index contributed by atoms with van der Waals surface area (Å²) in [5.74, 6) is 1.86. The van der Waals surface area contributed by atoms with Crippen molar-refractivity contribution in [1.82, 2.24) is 19.8 Å². The van der Waals surface area contributed by atoms with Gasteiger partial charge in [0.2, 0.25) is 0 Å². The molecule has 0 spiro atoms. The first-order chi connectivity index (χ1) is 14.2. The van der Waals surface area contributed by atoms with E-state index in [2.05, 4.69) is 51.0 Å². The highest BCUT2D eigenvalue weighted by atomic mass is 127. The lowest BCUT2D eigenvalue weighted by atomic mass is 9.97. The van der Waals surface area contributed by atoms with Gasteiger partial charge in [-0.15, -0.1) is 24.0 Å². The van der Waals surface area contributed by atoms with E-state index in [-0.39, 0.29) is 35.9 Å². The van der Waals surface area contributed by atoms with Crippen molar-refractivity contribution in [2.75, 3.05) is 33.3 Å². The number of imidazole rings is 1. The molecule has 3 rings (SSSR count). The Morgan fingerprint density at radius 3 is 2.67 bits per heavy atom. The fraction of sp³-hybridized carbons (Fsp3) is 0.500. The minimum atomic E-state index is -0.100. The zero-order valence-corrected chi connectivity index (χ0v) is 20.1. The summed E-state index contributed by atoms with van der Waals surface area (Å²) in [5, 5.41) is 3.38. The van der Waals surface area contributed by atoms with Crippen molar-refractivity contribution >= 4 is 35.9 Å². The Bertz CT molecular complexity index is 801. The Morgan fingerprint density at radius 2 is 2.00 bits per heavy atom. The average Bonchev–Trinajstić information content (AvgIpc) is 3.20. The third kappa shape index (κ3) is 6.72. The molecule has 164 valence electrons. The monoisotopic (exact) mass is 525 g/mol. The van der Waals surface area contributed by atoms with Gasteiger partial charge in [0.1, 0.15) is 5.82 Å². The van der Waals surface area contributed by atoms with Crippen LogP contribution in [0.1, 0.15) is 31.2 Å². The summed E-state index contributed by atoms with van der Waals surface area (Å²) in [5.41, 5.74) is 1.26. The minimum absolute atomic E-state index is 0. The average molecular weight is 525 g/mol. The van der Waals surface area contributed by atoms with Crippen LogP contribution in [0.5, 0.6) is 0 Å². The minimum Gasteiger partial charge on any atom is -0.469 e. The second-order valence-electron chi connectivity index (χ2n) is 7.23. The van der Waals surface area contributed by atoms with E-state index in [0.717, 1.165) is 57.2 Å². The fourth-order valence-corrected chi connectivity index (χ4v) is 3.67. The molecule has 0 atom stereocenters. The molecule has 0 aliphatic carbocycles. The number of ether oxygens (including phenoxy) is 1. The highest BCUT2D eigenvalue weighted by molar-refractivity contribution is 14.0. The van der Waals surface area contributed by atoms with E-state index in [0.29, 0.717) is 6.54 Å². The van der Waals surface area contributed by atoms with Crippen LogP contribution in [0, 0.1) is 5.92 Å². The lowest BCUT2D eigenvalue weighted by Crippen LogP contribution is -2.46. The first-order valence-electron chi connectivity index (χ1n) is 10.4. The topological polar surface area (TPSA) is 71.8 Å². The van der Waals surface area contributed by atoms with Crippen molar-refractivity contribution in [3.8, 4) is 0 Å². The van der Waals surface area contributed by atoms with Gasteiger partial charge in [-0.25, -0.2) is 4.98 Å². The largest absolute Gasteiger partial charge is 0.469 e. The molecule has 1 aromatic heterocycles. The third-order valence-corrected chi connectivity index (χ3v) is 5.26. The van der Waals surface area contributed by atoms with Crippen molar-refractivity contribution in [2.45, 2.75) is 32.7 Å². The number of methoxy groups -OCH3 is 1. The molecule has 1 fully saturated rings. The highest BCUT2D eigenvalue weighted by Gasteiger charge is 2.26. The molecule has 1 aliphatic heterocycles. The number of carbonyl (C=O) groups excluding carboxylic acids is 1. The predicted octanol–water partition coefficient (Wildman–Crippen LogP) is 2.94. The van der Waals surface area contributed by atoms with Gasteiger partial charge in [-0.2, -0.15) is 0 Å². The Labute approximate surface area is 195 Å². The van der Waals surface area contributed by atoms with Crippen LogP contribution in [0.2, 0.25) is 0 Å². The number of esters is 1. The SMILES string of the molecule is CCNC(=NCCc1nccn1Cc1ccccc1)N1CCC(C(=O)OC)CC1.I. The number of hydrogen-bond acceptors (Lipinski definition) is 4. The molecule has 7 nitrogen and oxygen atoms in total. The second kappa shape index (κ2) is 12.6. The molecule has 8 heteroatoms. The number of likely N-dealkylation sites (tertiary alicyclic amines) is 1. The van der Waals surface area contributed by atoms with Crippen LogP contribution in [0.15, 0.2) is 47.7 Å². The maximum Gasteiger partial charge on any atom is 0.308 e. The van der Waals surface area contributed by atoms with Gasteiger partial charge in [0.15, 0.2) is 5.96 Å². The molecular weight excluding hydrogens is 493 g/mol. The lowest BCUT2D eigenvalue weighted by molar-refractivity contribution is -0.146. The molecule has 2 heterocycles. The van der Waals surface area contributed by atoms with Gasteiger partial charge < -0.3 is 19.5 Å². The normalized spacial score (nSPS) is 14.9. The van der Waals surface area contributed by atoms with Crippen molar-refractivity contribution in [3.63, 3.8) is 0 Å². The maximum absolute atomic E-state index is 11.7. The van der Waals surface area contributed by atoms with Crippen LogP contribution in [-0.2, 0) is 22.5 Å². The Hall–Kier alpha value is -2.10. The summed E-state index contributed by atoms with van der Waals surface area (Å²) in [6.07, 6.45) is 6.27. The molecule has 0 saturated carbocycles. The molecule has 2 aromatic rings. The summed E-state index contributed by atoms with van der Waals surface area (Å²) in [7, 11) is 1.46. The van der Waals surface area contributed by atoms with Crippen LogP contribution >= 0.6 is 24.0 Å². The number of guanidine groups is 1. The molecule has 0 bridgehead atoms. The van der Waals surface area contributed by atoms with Gasteiger partial charge in [-0.3, -0.25) is 9.79 Å². The predicted molar refractivity (Wildman–Crippen MR) is 129 cm³/mol. The Balaban J connectivity index is 0.00000320. The highest BCUT2D eigenvalue weighted by Crippen LogP contribution is 2.18. The standard InChI is InChI=1S/C22H31N5O2.HI/c1-3-23-22(26-14-10-19(11-15-26)21(28)29-2)25-12-9-20-24-13-16-27(20)17-18-7-5-4-6-8-18;/h4-8,13,16,19H,3,9-12,14-15,17H2,1-2H3,(H,23,25);1H. The van der Waals surface area contributed by atoms with Crippen molar-refractivity contribution < 1.29 is 9.53 Å². The molecule has 1 aromatic carbocycles. The summed E-state index contributed by atoms with van der Waals surface area (Å²) >= 11 is 0. The number of carbonyl (C=O) groups is 1. The molecule has 1 aliphatic rings. The number of aliphatic imine (C=N–C) groups is 1. The van der Waals surface area contributed by atoms with Gasteiger partial charge in [0, 0.05) is 51.5 Å². The number of benzene rings is 1. The number of nitrogens with one attached hydrogen (secondary N) is 1. The van der Waals surface area contributed by atoms with Crippen LogP contribution in [0.3, 0.4) is 0 Å². The van der Waals surface area contributed by atoms with E-state index in [4.69, 9.17) is 9.73 Å². The quantitative estimate of drug-likeness (QED) is 0.261. The number of aromatic nitrogens is 2. The van der Waals surface area contributed by atoms with Gasteiger partial charge in [0.25, 0.3) is 0 Å². The van der Waals surface area contributed by atoms with Crippen LogP contribution < -0.4 is 5.32 Å². The molecule has 1 saturated heterocycles. The first kappa shape index (κ1) is 24.2. The van der Waals surface area contributed by atoms with Crippen LogP contribution in [-0.4, -0.2) is 59.7 Å². The second-order valence-corrected chi connectivity index (χ2v) is 7.23. The van der Waals surface area contributed by atoms with E-state index in [9.17, 15) is 4.79 Å². The number of nitrogens with zero attached hydrogens (tertiary/aromatic N) is 4. The number of piperidine rings is 1. The van der Waals surface area contributed by atoms with Crippen molar-refractivity contribution in [3.05, 3.63) is 54.1 Å². The van der Waals surface area contributed by atoms with Gasteiger partial charge >= 0.3 is 5.97 Å². The summed E-state index contributed by atoms with van der Waals surface area (Å²) in [6, 6.07) is 10.4. The van der Waals surface area contributed by atoms with Gasteiger partial charge in [-0.1, -0.05) is 30.3 Å². The lowest BCUT2D eigenvalue weighted by Gasteiger charge is -2.33. The first-order valence-corrected chi connectivity index (χ1v) is 10.4. The summed E-state index contributed by atoms with van der Waals surface area (Å²) in [6.45, 7) is 6.01. The molecule has 30 heavy (non-hydrogen) atoms. The van der Waals surface area contributed by atoms with Crippen molar-refractivity contribution in [1.29, 1.82) is 0 Å². The number of rotatable bonds is 7. The molecule has 0 radical (unpaired) electrons. The zero-order chi connectivity index (χ0) is 20.5. The van der Waals surface area contributed by atoms with Crippen LogP contribution in [0.25, 0.3) is 0 Å². The number of halogens is 1. The maximum atomic E-state index is 11.7. The Kier molecular flexibility index (Phi) is 10.1. The van der Waals surface area contributed by atoms with E-state index in [1.165, 1.54) is 12.7 Å². The smallest absolute Gasteiger partial charge is 0.308 e. The number of hydrogen-bond donors (Lipinski definition) is 1. The summed E-state index contributed by atoms with van der Waals surface area (Å²) < 4.78 is 7.06. The molecular formula is C22H32IN5O2. The summed E-state index contributed by atoms with van der Waals surface area (Å²) in [4.78, 5) is 23.3. The van der Waals surface area contributed by atoms with E-state index < -0.39 is 0 Å². The van der Waals surface area contributed by atoms with E-state index >= 15 is 0 Å².